The van der Waals surface area contributed by atoms with E-state index >= 15 is 0 Å². The summed E-state index contributed by atoms with van der Waals surface area (Å²) in [5.41, 5.74) is -0.875. The second kappa shape index (κ2) is 8.05. The van der Waals surface area contributed by atoms with Crippen LogP contribution in [-0.4, -0.2) is 29.7 Å². The van der Waals surface area contributed by atoms with Crippen molar-refractivity contribution in [2.24, 2.45) is 0 Å². The van der Waals surface area contributed by atoms with Gasteiger partial charge in [-0.3, -0.25) is 0 Å². The monoisotopic (exact) mass is 405 g/mol. The highest BCUT2D eigenvalue weighted by molar-refractivity contribution is 7.89. The van der Waals surface area contributed by atoms with E-state index in [4.69, 9.17) is 14.2 Å². The minimum Gasteiger partial charge on any atom is -0.496 e. The number of ether oxygens (including phenoxy) is 3. The summed E-state index contributed by atoms with van der Waals surface area (Å²) < 4.78 is 81.8. The number of halogens is 3. The Balaban J connectivity index is 2.37. The smallest absolute Gasteiger partial charge is 0.417 e. The first-order valence-electron chi connectivity index (χ1n) is 7.58. The van der Waals surface area contributed by atoms with Crippen molar-refractivity contribution in [3.05, 3.63) is 47.5 Å². The van der Waals surface area contributed by atoms with Gasteiger partial charge in [-0.25, -0.2) is 13.1 Å². The molecule has 0 aliphatic rings. The Kier molecular flexibility index (Phi) is 6.22. The molecular formula is C17H18F3NO5S. The van der Waals surface area contributed by atoms with Crippen LogP contribution in [-0.2, 0) is 22.7 Å². The van der Waals surface area contributed by atoms with Crippen molar-refractivity contribution < 1.29 is 35.8 Å². The zero-order chi connectivity index (χ0) is 20.2. The van der Waals surface area contributed by atoms with E-state index in [1.54, 1.807) is 0 Å². The lowest BCUT2D eigenvalue weighted by Crippen LogP contribution is -2.26. The minimum atomic E-state index is -4.80. The van der Waals surface area contributed by atoms with Crippen molar-refractivity contribution in [3.63, 3.8) is 0 Å². The summed E-state index contributed by atoms with van der Waals surface area (Å²) in [4.78, 5) is -0.850. The maximum atomic E-state index is 13.1. The van der Waals surface area contributed by atoms with Crippen molar-refractivity contribution in [3.8, 4) is 17.2 Å². The van der Waals surface area contributed by atoms with Crippen LogP contribution in [0.25, 0.3) is 0 Å². The molecule has 0 heterocycles. The molecule has 0 saturated carbocycles. The minimum absolute atomic E-state index is 0.291. The summed E-state index contributed by atoms with van der Waals surface area (Å²) in [6.45, 7) is -0.307. The third-order valence-corrected chi connectivity index (χ3v) is 5.18. The molecule has 0 radical (unpaired) electrons. The molecule has 6 nitrogen and oxygen atoms in total. The third-order valence-electron chi connectivity index (χ3n) is 3.72. The van der Waals surface area contributed by atoms with Crippen molar-refractivity contribution in [2.45, 2.75) is 17.6 Å². The lowest BCUT2D eigenvalue weighted by Gasteiger charge is -2.16. The predicted molar refractivity (Wildman–Crippen MR) is 91.6 cm³/mol. The van der Waals surface area contributed by atoms with Gasteiger partial charge in [0.25, 0.3) is 0 Å². The molecule has 0 amide bonds. The van der Waals surface area contributed by atoms with Gasteiger partial charge in [-0.2, -0.15) is 13.2 Å². The Morgan fingerprint density at radius 2 is 1.48 bits per heavy atom. The standard InChI is InChI=1S/C17H18F3NO5S/c1-24-13-9-15(26-3)14(25-2)8-11(13)10-21-27(22,23)16-7-5-4-6-12(16)17(18,19)20/h4-9,21H,10H2,1-3H3. The molecule has 2 aromatic carbocycles. The molecule has 27 heavy (non-hydrogen) atoms. The van der Waals surface area contributed by atoms with Crippen molar-refractivity contribution in [1.82, 2.24) is 4.72 Å². The Morgan fingerprint density at radius 3 is 2.04 bits per heavy atom. The van der Waals surface area contributed by atoms with Crippen molar-refractivity contribution in [2.75, 3.05) is 21.3 Å². The molecule has 0 aliphatic heterocycles. The van der Waals surface area contributed by atoms with E-state index in [-0.39, 0.29) is 6.54 Å². The maximum absolute atomic E-state index is 13.1. The summed E-state index contributed by atoms with van der Waals surface area (Å²) in [5.74, 6) is 0.978. The lowest BCUT2D eigenvalue weighted by molar-refractivity contribution is -0.139. The number of nitrogens with one attached hydrogen (secondary N) is 1. The van der Waals surface area contributed by atoms with Crippen LogP contribution in [0.2, 0.25) is 0 Å². The van der Waals surface area contributed by atoms with E-state index in [1.807, 2.05) is 0 Å². The van der Waals surface area contributed by atoms with Gasteiger partial charge in [-0.05, 0) is 18.2 Å². The normalized spacial score (nSPS) is 11.9. The molecule has 0 saturated heterocycles. The summed E-state index contributed by atoms with van der Waals surface area (Å²) >= 11 is 0. The average Bonchev–Trinajstić information content (AvgIpc) is 2.64. The molecule has 0 atom stereocenters. The largest absolute Gasteiger partial charge is 0.496 e. The highest BCUT2D eigenvalue weighted by atomic mass is 32.2. The summed E-state index contributed by atoms with van der Waals surface area (Å²) in [5, 5.41) is 0. The second-order valence-electron chi connectivity index (χ2n) is 5.34. The summed E-state index contributed by atoms with van der Waals surface area (Å²) in [6.07, 6.45) is -4.80. The van der Waals surface area contributed by atoms with Gasteiger partial charge in [0.2, 0.25) is 10.0 Å². The molecule has 0 aliphatic carbocycles. The molecule has 0 unspecified atom stereocenters. The maximum Gasteiger partial charge on any atom is 0.417 e. The Morgan fingerprint density at radius 1 is 0.926 bits per heavy atom. The van der Waals surface area contributed by atoms with Gasteiger partial charge < -0.3 is 14.2 Å². The fraction of sp³-hybridized carbons (Fsp3) is 0.294. The predicted octanol–water partition coefficient (Wildman–Crippen LogP) is 3.21. The molecule has 10 heteroatoms. The Hall–Kier alpha value is -2.46. The summed E-state index contributed by atoms with van der Waals surface area (Å²) in [6, 6.07) is 6.94. The van der Waals surface area contributed by atoms with Crippen molar-refractivity contribution in [1.29, 1.82) is 0 Å². The first-order chi connectivity index (χ1) is 12.6. The number of sulfonamides is 1. The Bertz CT molecular complexity index is 913. The molecule has 0 fully saturated rings. The van der Waals surface area contributed by atoms with E-state index in [0.29, 0.717) is 28.9 Å². The molecule has 0 bridgehead atoms. The van der Waals surface area contributed by atoms with E-state index in [9.17, 15) is 21.6 Å². The molecule has 148 valence electrons. The third kappa shape index (κ3) is 4.64. The van der Waals surface area contributed by atoms with Gasteiger partial charge in [0.1, 0.15) is 5.75 Å². The van der Waals surface area contributed by atoms with Gasteiger partial charge in [0.05, 0.1) is 31.8 Å². The average molecular weight is 405 g/mol. The van der Waals surface area contributed by atoms with Crippen LogP contribution in [0.5, 0.6) is 17.2 Å². The van der Waals surface area contributed by atoms with Gasteiger partial charge in [0.15, 0.2) is 11.5 Å². The summed E-state index contributed by atoms with van der Waals surface area (Å²) in [7, 11) is -0.232. The highest BCUT2D eigenvalue weighted by Crippen LogP contribution is 2.36. The number of methoxy groups -OCH3 is 3. The molecule has 2 aromatic rings. The zero-order valence-electron chi connectivity index (χ0n) is 14.8. The number of hydrogen-bond donors (Lipinski definition) is 1. The fourth-order valence-corrected chi connectivity index (χ4v) is 3.65. The highest BCUT2D eigenvalue weighted by Gasteiger charge is 2.36. The molecule has 1 N–H and O–H groups in total. The number of hydrogen-bond acceptors (Lipinski definition) is 5. The van der Waals surface area contributed by atoms with Crippen LogP contribution in [0.3, 0.4) is 0 Å². The number of benzene rings is 2. The number of alkyl halides is 3. The van der Waals surface area contributed by atoms with Gasteiger partial charge in [-0.15, -0.1) is 0 Å². The molecule has 2 rings (SSSR count). The topological polar surface area (TPSA) is 73.9 Å². The van der Waals surface area contributed by atoms with Crippen LogP contribution >= 0.6 is 0 Å². The van der Waals surface area contributed by atoms with Gasteiger partial charge in [-0.1, -0.05) is 12.1 Å². The first kappa shape index (κ1) is 20.8. The quantitative estimate of drug-likeness (QED) is 0.766. The SMILES string of the molecule is COc1cc(OC)c(OC)cc1CNS(=O)(=O)c1ccccc1C(F)(F)F. The van der Waals surface area contributed by atoms with Gasteiger partial charge >= 0.3 is 6.18 Å². The van der Waals surface area contributed by atoms with E-state index in [2.05, 4.69) is 4.72 Å². The van der Waals surface area contributed by atoms with Crippen LogP contribution < -0.4 is 18.9 Å². The molecular weight excluding hydrogens is 387 g/mol. The van der Waals surface area contributed by atoms with Crippen LogP contribution in [0.1, 0.15) is 11.1 Å². The van der Waals surface area contributed by atoms with Crippen LogP contribution in [0.15, 0.2) is 41.3 Å². The molecule has 0 spiro atoms. The van der Waals surface area contributed by atoms with E-state index < -0.39 is 26.7 Å². The first-order valence-corrected chi connectivity index (χ1v) is 9.07. The lowest BCUT2D eigenvalue weighted by atomic mass is 10.1. The second-order valence-corrected chi connectivity index (χ2v) is 7.07. The Labute approximate surface area is 154 Å². The fourth-order valence-electron chi connectivity index (χ4n) is 2.42. The van der Waals surface area contributed by atoms with E-state index in [1.165, 1.54) is 39.5 Å². The van der Waals surface area contributed by atoms with Crippen molar-refractivity contribution >= 4 is 10.0 Å². The molecule has 0 aromatic heterocycles. The number of rotatable bonds is 7. The zero-order valence-corrected chi connectivity index (χ0v) is 15.6. The van der Waals surface area contributed by atoms with Crippen LogP contribution in [0, 0.1) is 0 Å². The van der Waals surface area contributed by atoms with E-state index in [0.717, 1.165) is 12.1 Å². The van der Waals surface area contributed by atoms with Crippen LogP contribution in [0.4, 0.5) is 13.2 Å². The van der Waals surface area contributed by atoms with Gasteiger partial charge in [0, 0.05) is 18.2 Å².